The minimum atomic E-state index is 0.431. The average molecular weight is 85.2 g/mol. The molecule has 0 aliphatic rings. The van der Waals surface area contributed by atoms with E-state index in [2.05, 4.69) is 27.7 Å². The average Bonchev–Trinajstić information content (AvgIpc) is 1.35. The standard InChI is InChI=1S/C6H13/c1-5-6(2,3)4/h1,5H2,2-4H3/q-1. The second-order valence-corrected chi connectivity index (χ2v) is 2.81. The van der Waals surface area contributed by atoms with E-state index in [4.69, 9.17) is 0 Å². The molecule has 0 saturated carbocycles. The summed E-state index contributed by atoms with van der Waals surface area (Å²) in [6, 6.07) is 0. The highest BCUT2D eigenvalue weighted by Crippen LogP contribution is 2.15. The first-order valence-corrected chi connectivity index (χ1v) is 2.35. The lowest BCUT2D eigenvalue weighted by Gasteiger charge is -2.17. The minimum Gasteiger partial charge on any atom is -0.343 e. The summed E-state index contributed by atoms with van der Waals surface area (Å²) >= 11 is 0. The molecule has 0 amide bonds. The van der Waals surface area contributed by atoms with E-state index in [9.17, 15) is 0 Å². The summed E-state index contributed by atoms with van der Waals surface area (Å²) in [5, 5.41) is 0. The van der Waals surface area contributed by atoms with Crippen LogP contribution in [0.5, 0.6) is 0 Å². The van der Waals surface area contributed by atoms with Gasteiger partial charge in [0.2, 0.25) is 0 Å². The number of rotatable bonds is 0. The van der Waals surface area contributed by atoms with Crippen LogP contribution in [0, 0.1) is 12.3 Å². The zero-order valence-electron chi connectivity index (χ0n) is 4.91. The molecule has 0 saturated heterocycles. The second-order valence-electron chi connectivity index (χ2n) is 2.81. The molecule has 0 fully saturated rings. The highest BCUT2D eigenvalue weighted by Gasteiger charge is 1.98. The molecule has 0 heteroatoms. The molecule has 6 heavy (non-hydrogen) atoms. The lowest BCUT2D eigenvalue weighted by molar-refractivity contribution is 0.419. The highest BCUT2D eigenvalue weighted by molar-refractivity contribution is 4.60. The van der Waals surface area contributed by atoms with Crippen LogP contribution in [0.1, 0.15) is 27.2 Å². The molecule has 0 atom stereocenters. The van der Waals surface area contributed by atoms with Gasteiger partial charge in [-0.3, -0.25) is 0 Å². The van der Waals surface area contributed by atoms with E-state index in [1.807, 2.05) is 0 Å². The van der Waals surface area contributed by atoms with Gasteiger partial charge in [0.15, 0.2) is 0 Å². The van der Waals surface area contributed by atoms with Gasteiger partial charge in [-0.1, -0.05) is 26.2 Å². The Labute approximate surface area is 40.6 Å². The molecule has 0 aromatic rings. The van der Waals surface area contributed by atoms with Crippen LogP contribution in [0.15, 0.2) is 0 Å². The maximum atomic E-state index is 3.76. The Morgan fingerprint density at radius 2 is 1.50 bits per heavy atom. The maximum Gasteiger partial charge on any atom is -0.0626 e. The van der Waals surface area contributed by atoms with E-state index in [-0.39, 0.29) is 0 Å². The summed E-state index contributed by atoms with van der Waals surface area (Å²) in [7, 11) is 0. The van der Waals surface area contributed by atoms with Crippen LogP contribution in [-0.2, 0) is 0 Å². The maximum absolute atomic E-state index is 3.76. The van der Waals surface area contributed by atoms with Gasteiger partial charge in [-0.25, -0.2) is 0 Å². The summed E-state index contributed by atoms with van der Waals surface area (Å²) in [6.45, 7) is 10.3. The van der Waals surface area contributed by atoms with Crippen LogP contribution in [0.4, 0.5) is 0 Å². The molecule has 38 valence electrons. The van der Waals surface area contributed by atoms with Gasteiger partial charge >= 0.3 is 0 Å². The normalized spacial score (nSPS) is 12.0. The van der Waals surface area contributed by atoms with E-state index in [1.165, 1.54) is 0 Å². The lowest BCUT2D eigenvalue weighted by atomic mass is 9.94. The van der Waals surface area contributed by atoms with Crippen molar-refractivity contribution in [3.8, 4) is 0 Å². The Morgan fingerprint density at radius 3 is 1.50 bits per heavy atom. The molecule has 0 bridgehead atoms. The van der Waals surface area contributed by atoms with Crippen LogP contribution >= 0.6 is 0 Å². The molecule has 0 aromatic carbocycles. The summed E-state index contributed by atoms with van der Waals surface area (Å²) in [6.07, 6.45) is 1.02. The van der Waals surface area contributed by atoms with Crippen molar-refractivity contribution >= 4 is 0 Å². The molecule has 0 nitrogen and oxygen atoms in total. The summed E-state index contributed by atoms with van der Waals surface area (Å²) in [4.78, 5) is 0. The second kappa shape index (κ2) is 1.63. The molecular formula is C6H13-. The molecular weight excluding hydrogens is 72.1 g/mol. The van der Waals surface area contributed by atoms with Gasteiger partial charge in [0.25, 0.3) is 0 Å². The van der Waals surface area contributed by atoms with Crippen LogP contribution in [-0.4, -0.2) is 0 Å². The summed E-state index contributed by atoms with van der Waals surface area (Å²) in [5.74, 6) is 0. The first kappa shape index (κ1) is 6.00. The minimum absolute atomic E-state index is 0.431. The third kappa shape index (κ3) is 4.00. The van der Waals surface area contributed by atoms with Crippen LogP contribution < -0.4 is 0 Å². The Morgan fingerprint density at radius 1 is 1.33 bits per heavy atom. The third-order valence-electron chi connectivity index (χ3n) is 0.750. The van der Waals surface area contributed by atoms with Crippen molar-refractivity contribution in [2.24, 2.45) is 5.41 Å². The molecule has 0 radical (unpaired) electrons. The zero-order valence-corrected chi connectivity index (χ0v) is 4.91. The van der Waals surface area contributed by atoms with Crippen molar-refractivity contribution in [2.75, 3.05) is 0 Å². The van der Waals surface area contributed by atoms with Crippen molar-refractivity contribution in [1.29, 1.82) is 0 Å². The summed E-state index contributed by atoms with van der Waals surface area (Å²) < 4.78 is 0. The Kier molecular flexibility index (Phi) is 1.63. The first-order valence-electron chi connectivity index (χ1n) is 2.35. The number of hydrogen-bond acceptors (Lipinski definition) is 0. The highest BCUT2D eigenvalue weighted by atomic mass is 14.1. The largest absolute Gasteiger partial charge is 0.343 e. The molecule has 0 spiro atoms. The van der Waals surface area contributed by atoms with Crippen molar-refractivity contribution in [2.45, 2.75) is 27.2 Å². The van der Waals surface area contributed by atoms with Gasteiger partial charge in [0.05, 0.1) is 0 Å². The van der Waals surface area contributed by atoms with Crippen molar-refractivity contribution in [1.82, 2.24) is 0 Å². The van der Waals surface area contributed by atoms with Crippen molar-refractivity contribution in [3.05, 3.63) is 6.92 Å². The third-order valence-corrected chi connectivity index (χ3v) is 0.750. The Balaban J connectivity index is 3.17. The van der Waals surface area contributed by atoms with E-state index in [1.54, 1.807) is 0 Å². The Bertz CT molecular complexity index is 29.8. The van der Waals surface area contributed by atoms with E-state index >= 15 is 0 Å². The molecule has 0 aliphatic heterocycles. The monoisotopic (exact) mass is 85.1 g/mol. The predicted octanol–water partition coefficient (Wildman–Crippen LogP) is 2.26. The molecule has 0 N–H and O–H groups in total. The fourth-order valence-electron chi connectivity index (χ4n) is 0. The topological polar surface area (TPSA) is 0 Å². The smallest absolute Gasteiger partial charge is 0.0626 e. The quantitative estimate of drug-likeness (QED) is 0.396. The van der Waals surface area contributed by atoms with Gasteiger partial charge in [0.1, 0.15) is 0 Å². The molecule has 0 rings (SSSR count). The van der Waals surface area contributed by atoms with Crippen LogP contribution in [0.3, 0.4) is 0 Å². The fourth-order valence-corrected chi connectivity index (χ4v) is 0. The number of hydrogen-bond donors (Lipinski definition) is 0. The zero-order chi connectivity index (χ0) is 5.21. The summed E-state index contributed by atoms with van der Waals surface area (Å²) in [5.41, 5.74) is 0.431. The van der Waals surface area contributed by atoms with Crippen molar-refractivity contribution < 1.29 is 0 Å². The van der Waals surface area contributed by atoms with E-state index in [0.29, 0.717) is 5.41 Å². The SMILES string of the molecule is [CH2-]CC(C)(C)C. The van der Waals surface area contributed by atoms with Gasteiger partial charge in [0, 0.05) is 0 Å². The molecule has 0 aromatic heterocycles. The van der Waals surface area contributed by atoms with E-state index < -0.39 is 0 Å². The predicted molar refractivity (Wildman–Crippen MR) is 29.4 cm³/mol. The van der Waals surface area contributed by atoms with Crippen LogP contribution in [0.2, 0.25) is 0 Å². The van der Waals surface area contributed by atoms with Gasteiger partial charge in [-0.05, 0) is 0 Å². The lowest BCUT2D eigenvalue weighted by Crippen LogP contribution is -2.00. The van der Waals surface area contributed by atoms with Crippen molar-refractivity contribution in [3.63, 3.8) is 0 Å². The van der Waals surface area contributed by atoms with Gasteiger partial charge < -0.3 is 6.92 Å². The molecule has 0 heterocycles. The van der Waals surface area contributed by atoms with Gasteiger partial charge in [-0.15, -0.1) is 0 Å². The van der Waals surface area contributed by atoms with Crippen LogP contribution in [0.25, 0.3) is 0 Å². The Hall–Kier alpha value is 0. The van der Waals surface area contributed by atoms with Gasteiger partial charge in [-0.2, -0.15) is 6.42 Å². The van der Waals surface area contributed by atoms with E-state index in [0.717, 1.165) is 6.42 Å². The fraction of sp³-hybridized carbons (Fsp3) is 0.833. The molecule has 0 aliphatic carbocycles. The first-order chi connectivity index (χ1) is 2.56. The molecule has 0 unspecified atom stereocenters.